The van der Waals surface area contributed by atoms with Crippen LogP contribution in [0.2, 0.25) is 5.02 Å². The highest BCUT2D eigenvalue weighted by Gasteiger charge is 2.21. The molecule has 0 aliphatic carbocycles. The smallest absolute Gasteiger partial charge is 0.308 e. The first-order chi connectivity index (χ1) is 12.5. The normalized spacial score (nSPS) is 10.9. The van der Waals surface area contributed by atoms with Crippen molar-refractivity contribution < 1.29 is 4.79 Å². The summed E-state index contributed by atoms with van der Waals surface area (Å²) in [6.07, 6.45) is 0. The van der Waals surface area contributed by atoms with Crippen molar-refractivity contribution in [3.63, 3.8) is 0 Å². The number of aromatic nitrogens is 4. The van der Waals surface area contributed by atoms with Crippen molar-refractivity contribution in [2.75, 3.05) is 4.90 Å². The highest BCUT2D eigenvalue weighted by atomic mass is 35.5. The van der Waals surface area contributed by atoms with Gasteiger partial charge in [0.1, 0.15) is 6.54 Å². The molecule has 0 aliphatic rings. The van der Waals surface area contributed by atoms with E-state index >= 15 is 0 Å². The van der Waals surface area contributed by atoms with Gasteiger partial charge in [-0.2, -0.15) is 9.36 Å². The van der Waals surface area contributed by atoms with Gasteiger partial charge in [0, 0.05) is 11.7 Å². The Bertz CT molecular complexity index is 965. The number of carbonyl (C=O) groups excluding carboxylic acids is 1. The highest BCUT2D eigenvalue weighted by molar-refractivity contribution is 6.32. The van der Waals surface area contributed by atoms with Gasteiger partial charge < -0.3 is 4.90 Å². The molecule has 0 radical (unpaired) electrons. The first-order valence-corrected chi connectivity index (χ1v) is 8.51. The fraction of sp³-hybridized carbons (Fsp3) is 0.222. The predicted octanol–water partition coefficient (Wildman–Crippen LogP) is 2.52. The van der Waals surface area contributed by atoms with Gasteiger partial charge in [0.2, 0.25) is 5.91 Å². The third kappa shape index (κ3) is 3.52. The highest BCUT2D eigenvalue weighted by Crippen LogP contribution is 2.18. The molecule has 2 aromatic carbocycles. The van der Waals surface area contributed by atoms with Gasteiger partial charge in [-0.1, -0.05) is 41.9 Å². The average molecular weight is 372 g/mol. The van der Waals surface area contributed by atoms with Crippen LogP contribution in [0.5, 0.6) is 0 Å². The molecule has 3 aromatic rings. The van der Waals surface area contributed by atoms with Crippen LogP contribution in [0.3, 0.4) is 0 Å². The monoisotopic (exact) mass is 371 g/mol. The number of hydrogen-bond acceptors (Lipinski definition) is 4. The van der Waals surface area contributed by atoms with Gasteiger partial charge in [-0.25, -0.2) is 4.79 Å². The third-order valence-corrected chi connectivity index (χ3v) is 4.14. The fourth-order valence-corrected chi connectivity index (χ4v) is 2.89. The van der Waals surface area contributed by atoms with Crippen molar-refractivity contribution in [1.82, 2.24) is 19.8 Å². The van der Waals surface area contributed by atoms with E-state index in [1.54, 1.807) is 29.2 Å². The lowest BCUT2D eigenvalue weighted by molar-refractivity contribution is -0.119. The maximum Gasteiger partial charge on any atom is 0.369 e. The van der Waals surface area contributed by atoms with Crippen LogP contribution in [0.4, 0.5) is 5.69 Å². The molecule has 1 heterocycles. The van der Waals surface area contributed by atoms with Crippen LogP contribution in [-0.4, -0.2) is 31.7 Å². The minimum Gasteiger partial charge on any atom is -0.308 e. The molecule has 134 valence electrons. The SMILES string of the molecule is CC(C)N(C(=O)Cn1nnn(-c2ccccc2Cl)c1=O)c1ccccc1. The summed E-state index contributed by atoms with van der Waals surface area (Å²) in [5, 5.41) is 8.03. The molecule has 0 spiro atoms. The fourth-order valence-electron chi connectivity index (χ4n) is 2.67. The Labute approximate surface area is 155 Å². The number of para-hydroxylation sites is 2. The van der Waals surface area contributed by atoms with Gasteiger partial charge in [-0.3, -0.25) is 4.79 Å². The van der Waals surface area contributed by atoms with Crippen LogP contribution in [0.15, 0.2) is 59.4 Å². The molecule has 1 aromatic heterocycles. The van der Waals surface area contributed by atoms with Crippen LogP contribution >= 0.6 is 11.6 Å². The maximum absolute atomic E-state index is 12.8. The number of benzene rings is 2. The lowest BCUT2D eigenvalue weighted by Gasteiger charge is -2.26. The Morgan fingerprint density at radius 3 is 2.38 bits per heavy atom. The van der Waals surface area contributed by atoms with Crippen molar-refractivity contribution in [2.45, 2.75) is 26.4 Å². The summed E-state index contributed by atoms with van der Waals surface area (Å²) >= 11 is 6.11. The third-order valence-electron chi connectivity index (χ3n) is 3.82. The van der Waals surface area contributed by atoms with E-state index in [0.717, 1.165) is 15.1 Å². The molecule has 0 atom stereocenters. The van der Waals surface area contributed by atoms with Crippen molar-refractivity contribution in [3.05, 3.63) is 70.1 Å². The molecule has 0 saturated carbocycles. The molecule has 3 rings (SSSR count). The Morgan fingerprint density at radius 2 is 1.73 bits per heavy atom. The molecule has 0 N–H and O–H groups in total. The molecule has 1 amide bonds. The second-order valence-corrected chi connectivity index (χ2v) is 6.38. The van der Waals surface area contributed by atoms with Crippen LogP contribution < -0.4 is 10.6 Å². The quantitative estimate of drug-likeness (QED) is 0.690. The zero-order valence-corrected chi connectivity index (χ0v) is 15.2. The summed E-state index contributed by atoms with van der Waals surface area (Å²) in [4.78, 5) is 27.0. The van der Waals surface area contributed by atoms with Crippen LogP contribution in [-0.2, 0) is 11.3 Å². The molecule has 0 fully saturated rings. The van der Waals surface area contributed by atoms with Crippen LogP contribution in [0.1, 0.15) is 13.8 Å². The summed E-state index contributed by atoms with van der Waals surface area (Å²) in [7, 11) is 0. The summed E-state index contributed by atoms with van der Waals surface area (Å²) in [6, 6.07) is 16.0. The maximum atomic E-state index is 12.8. The number of carbonyl (C=O) groups is 1. The Hall–Kier alpha value is -2.93. The summed E-state index contributed by atoms with van der Waals surface area (Å²) < 4.78 is 2.11. The number of nitrogens with zero attached hydrogens (tertiary/aromatic N) is 5. The van der Waals surface area contributed by atoms with Gasteiger partial charge in [-0.05, 0) is 48.5 Å². The number of rotatable bonds is 5. The zero-order chi connectivity index (χ0) is 18.7. The Balaban J connectivity index is 1.88. The van der Waals surface area contributed by atoms with Gasteiger partial charge in [0.15, 0.2) is 0 Å². The Morgan fingerprint density at radius 1 is 1.08 bits per heavy atom. The molecule has 0 aliphatic heterocycles. The lowest BCUT2D eigenvalue weighted by Crippen LogP contribution is -2.41. The van der Waals surface area contributed by atoms with E-state index in [1.807, 2.05) is 44.2 Å². The zero-order valence-electron chi connectivity index (χ0n) is 14.4. The largest absolute Gasteiger partial charge is 0.369 e. The van der Waals surface area contributed by atoms with E-state index in [0.29, 0.717) is 10.7 Å². The second-order valence-electron chi connectivity index (χ2n) is 5.98. The number of halogens is 1. The van der Waals surface area contributed by atoms with Gasteiger partial charge in [0.25, 0.3) is 0 Å². The topological polar surface area (TPSA) is 73.0 Å². The summed E-state index contributed by atoms with van der Waals surface area (Å²) in [5.74, 6) is -0.250. The molecular formula is C18H18ClN5O2. The van der Waals surface area contributed by atoms with Crippen LogP contribution in [0.25, 0.3) is 5.69 Å². The number of hydrogen-bond donors (Lipinski definition) is 0. The number of anilines is 1. The second kappa shape index (κ2) is 7.53. The van der Waals surface area contributed by atoms with E-state index in [4.69, 9.17) is 11.6 Å². The van der Waals surface area contributed by atoms with E-state index in [1.165, 1.54) is 0 Å². The van der Waals surface area contributed by atoms with E-state index < -0.39 is 5.69 Å². The van der Waals surface area contributed by atoms with E-state index in [-0.39, 0.29) is 18.5 Å². The number of amides is 1. The van der Waals surface area contributed by atoms with Crippen molar-refractivity contribution >= 4 is 23.2 Å². The van der Waals surface area contributed by atoms with E-state index in [2.05, 4.69) is 10.4 Å². The molecule has 7 nitrogen and oxygen atoms in total. The summed E-state index contributed by atoms with van der Waals surface area (Å²) in [6.45, 7) is 3.61. The van der Waals surface area contributed by atoms with Crippen molar-refractivity contribution in [2.24, 2.45) is 0 Å². The molecule has 8 heteroatoms. The average Bonchev–Trinajstić information content (AvgIpc) is 2.97. The Kier molecular flexibility index (Phi) is 5.18. The molecule has 0 unspecified atom stereocenters. The first kappa shape index (κ1) is 17.9. The molecule has 0 bridgehead atoms. The van der Waals surface area contributed by atoms with Gasteiger partial charge >= 0.3 is 5.69 Å². The van der Waals surface area contributed by atoms with Gasteiger partial charge in [0.05, 0.1) is 10.7 Å². The first-order valence-electron chi connectivity index (χ1n) is 8.14. The minimum atomic E-state index is -0.525. The van der Waals surface area contributed by atoms with Crippen molar-refractivity contribution in [1.29, 1.82) is 0 Å². The standard InChI is InChI=1S/C18H18ClN5O2/c1-13(2)23(14-8-4-3-5-9-14)17(25)12-22-18(26)24(21-20-22)16-11-7-6-10-15(16)19/h3-11,13H,12H2,1-2H3. The molecule has 0 saturated heterocycles. The minimum absolute atomic E-state index is 0.0702. The summed E-state index contributed by atoms with van der Waals surface area (Å²) in [5.41, 5.74) is 0.656. The number of tetrazole rings is 1. The lowest BCUT2D eigenvalue weighted by atomic mass is 10.2. The predicted molar refractivity (Wildman–Crippen MR) is 99.7 cm³/mol. The van der Waals surface area contributed by atoms with E-state index in [9.17, 15) is 9.59 Å². The molecule has 26 heavy (non-hydrogen) atoms. The molecular weight excluding hydrogens is 354 g/mol. The van der Waals surface area contributed by atoms with Crippen molar-refractivity contribution in [3.8, 4) is 5.69 Å². The van der Waals surface area contributed by atoms with Gasteiger partial charge in [-0.15, -0.1) is 0 Å². The van der Waals surface area contributed by atoms with Crippen LogP contribution in [0, 0.1) is 0 Å².